The van der Waals surface area contributed by atoms with E-state index in [4.69, 9.17) is 23.2 Å². The van der Waals surface area contributed by atoms with E-state index in [1.54, 1.807) is 6.07 Å². The quantitative estimate of drug-likeness (QED) is 0.388. The number of hydrogen-bond acceptors (Lipinski definition) is 6. The lowest BCUT2D eigenvalue weighted by Gasteiger charge is -1.96. The average Bonchev–Trinajstić information content (AvgIpc) is 2.61. The number of aromatic nitrogens is 2. The molecule has 7 nitrogen and oxygen atoms in total. The van der Waals surface area contributed by atoms with Gasteiger partial charge in [0.2, 0.25) is 0 Å². The number of benzene rings is 2. The van der Waals surface area contributed by atoms with Crippen molar-refractivity contribution < 1.29 is 14.5 Å². The first-order chi connectivity index (χ1) is 11.9. The predicted octanol–water partition coefficient (Wildman–Crippen LogP) is 3.98. The molecule has 0 spiro atoms. The standard InChI is InChI=1S/C9H5ClN2O.C7H4ClNO3/c10-9(13)8-5-11-6-3-1-2-4-7(6)12-8;8-7(10)5-3-1-2-4-6(5)9(11)12/h1-5H;1-4H. The van der Waals surface area contributed by atoms with Crippen LogP contribution in [-0.4, -0.2) is 25.4 Å². The maximum atomic E-state index is 10.8. The Morgan fingerprint density at radius 3 is 2.08 bits per heavy atom. The molecule has 0 saturated carbocycles. The molecule has 0 unspecified atom stereocenters. The Hall–Kier alpha value is -2.90. The van der Waals surface area contributed by atoms with E-state index in [0.717, 1.165) is 5.52 Å². The van der Waals surface area contributed by atoms with Crippen molar-refractivity contribution in [3.05, 3.63) is 76.1 Å². The van der Waals surface area contributed by atoms with Gasteiger partial charge in [-0.25, -0.2) is 4.98 Å². The lowest BCUT2D eigenvalue weighted by Crippen LogP contribution is -1.97. The molecule has 2 aromatic carbocycles. The minimum atomic E-state index is -0.817. The Labute approximate surface area is 151 Å². The molecule has 0 aliphatic carbocycles. The molecule has 0 N–H and O–H groups in total. The maximum Gasteiger partial charge on any atom is 0.281 e. The molecule has 0 saturated heterocycles. The van der Waals surface area contributed by atoms with Crippen molar-refractivity contribution in [1.29, 1.82) is 0 Å². The van der Waals surface area contributed by atoms with Crippen LogP contribution in [0, 0.1) is 10.1 Å². The van der Waals surface area contributed by atoms with E-state index >= 15 is 0 Å². The minimum Gasteiger partial charge on any atom is -0.275 e. The van der Waals surface area contributed by atoms with Crippen molar-refractivity contribution in [1.82, 2.24) is 9.97 Å². The third-order valence-electron chi connectivity index (χ3n) is 2.96. The fourth-order valence-electron chi connectivity index (χ4n) is 1.85. The summed E-state index contributed by atoms with van der Waals surface area (Å²) < 4.78 is 0. The molecule has 3 rings (SSSR count). The number of nitrogens with zero attached hydrogens (tertiary/aromatic N) is 3. The van der Waals surface area contributed by atoms with Gasteiger partial charge >= 0.3 is 0 Å². The summed E-state index contributed by atoms with van der Waals surface area (Å²) in [5.41, 5.74) is 1.26. The number of fused-ring (bicyclic) bond motifs is 1. The predicted molar refractivity (Wildman–Crippen MR) is 93.0 cm³/mol. The van der Waals surface area contributed by atoms with Crippen LogP contribution in [0.4, 0.5) is 5.69 Å². The number of rotatable bonds is 3. The molecule has 0 atom stereocenters. The topological polar surface area (TPSA) is 103 Å². The second-order valence-electron chi connectivity index (χ2n) is 4.57. The van der Waals surface area contributed by atoms with Gasteiger partial charge in [0, 0.05) is 6.07 Å². The maximum absolute atomic E-state index is 10.8. The van der Waals surface area contributed by atoms with E-state index in [1.807, 2.05) is 18.2 Å². The highest BCUT2D eigenvalue weighted by molar-refractivity contribution is 6.68. The Morgan fingerprint density at radius 2 is 1.52 bits per heavy atom. The average molecular weight is 378 g/mol. The van der Waals surface area contributed by atoms with Crippen LogP contribution in [0.15, 0.2) is 54.7 Å². The summed E-state index contributed by atoms with van der Waals surface area (Å²) >= 11 is 10.4. The van der Waals surface area contributed by atoms with Gasteiger partial charge in [-0.15, -0.1) is 0 Å². The van der Waals surface area contributed by atoms with Gasteiger partial charge in [-0.2, -0.15) is 0 Å². The van der Waals surface area contributed by atoms with Crippen molar-refractivity contribution in [2.24, 2.45) is 0 Å². The van der Waals surface area contributed by atoms with Crippen molar-refractivity contribution in [2.45, 2.75) is 0 Å². The smallest absolute Gasteiger partial charge is 0.275 e. The normalized spacial score (nSPS) is 9.84. The Morgan fingerprint density at radius 1 is 0.920 bits per heavy atom. The molecule has 25 heavy (non-hydrogen) atoms. The van der Waals surface area contributed by atoms with Gasteiger partial charge in [-0.05, 0) is 41.4 Å². The van der Waals surface area contributed by atoms with E-state index in [0.29, 0.717) is 5.52 Å². The van der Waals surface area contributed by atoms with E-state index in [-0.39, 0.29) is 16.9 Å². The van der Waals surface area contributed by atoms with Gasteiger partial charge in [-0.1, -0.05) is 24.3 Å². The summed E-state index contributed by atoms with van der Waals surface area (Å²) in [4.78, 5) is 39.1. The lowest BCUT2D eigenvalue weighted by atomic mass is 10.2. The molecule has 9 heteroatoms. The lowest BCUT2D eigenvalue weighted by molar-refractivity contribution is -0.385. The van der Waals surface area contributed by atoms with Crippen LogP contribution >= 0.6 is 23.2 Å². The second-order valence-corrected chi connectivity index (χ2v) is 5.25. The first-order valence-corrected chi connectivity index (χ1v) is 7.50. The van der Waals surface area contributed by atoms with Crippen molar-refractivity contribution >= 4 is 50.4 Å². The minimum absolute atomic E-state index is 0.0795. The molecule has 1 heterocycles. The molecule has 0 aliphatic heterocycles. The van der Waals surface area contributed by atoms with Gasteiger partial charge in [0.05, 0.1) is 22.2 Å². The van der Waals surface area contributed by atoms with Gasteiger partial charge in [0.1, 0.15) is 11.3 Å². The number of carbonyl (C=O) groups excluding carboxylic acids is 2. The third-order valence-corrected chi connectivity index (χ3v) is 3.36. The monoisotopic (exact) mass is 377 g/mol. The summed E-state index contributed by atoms with van der Waals surface area (Å²) in [5.74, 6) is 0. The van der Waals surface area contributed by atoms with Gasteiger partial charge in [0.15, 0.2) is 0 Å². The van der Waals surface area contributed by atoms with Crippen molar-refractivity contribution in [2.75, 3.05) is 0 Å². The molecule has 1 aromatic heterocycles. The molecule has 0 amide bonds. The van der Waals surface area contributed by atoms with Crippen LogP contribution in [0.2, 0.25) is 0 Å². The SMILES string of the molecule is O=C(Cl)c1ccccc1[N+](=O)[O-].O=C(Cl)c1cnc2ccccc2n1. The van der Waals surface area contributed by atoms with Crippen LogP contribution < -0.4 is 0 Å². The molecule has 0 aliphatic rings. The Balaban J connectivity index is 0.000000181. The van der Waals surface area contributed by atoms with Crippen LogP contribution in [0.5, 0.6) is 0 Å². The van der Waals surface area contributed by atoms with Crippen LogP contribution in [-0.2, 0) is 0 Å². The summed E-state index contributed by atoms with van der Waals surface area (Å²) in [7, 11) is 0. The molecule has 126 valence electrons. The number of hydrogen-bond donors (Lipinski definition) is 0. The summed E-state index contributed by atoms with van der Waals surface area (Å²) in [6.07, 6.45) is 1.37. The zero-order valence-corrected chi connectivity index (χ0v) is 13.9. The Kier molecular flexibility index (Phi) is 6.10. The summed E-state index contributed by atoms with van der Waals surface area (Å²) in [5, 5.41) is 8.92. The first-order valence-electron chi connectivity index (χ1n) is 6.75. The summed E-state index contributed by atoms with van der Waals surface area (Å²) in [6.45, 7) is 0. The largest absolute Gasteiger partial charge is 0.281 e. The van der Waals surface area contributed by atoms with Crippen molar-refractivity contribution in [3.63, 3.8) is 0 Å². The van der Waals surface area contributed by atoms with Crippen LogP contribution in [0.3, 0.4) is 0 Å². The van der Waals surface area contributed by atoms with E-state index in [1.165, 1.54) is 30.5 Å². The zero-order chi connectivity index (χ0) is 18.4. The molecule has 0 radical (unpaired) electrons. The fourth-order valence-corrected chi connectivity index (χ4v) is 2.10. The van der Waals surface area contributed by atoms with E-state index in [9.17, 15) is 19.7 Å². The van der Waals surface area contributed by atoms with E-state index in [2.05, 4.69) is 9.97 Å². The number of para-hydroxylation sites is 3. The second kappa shape index (κ2) is 8.27. The molecule has 0 fully saturated rings. The van der Waals surface area contributed by atoms with Crippen molar-refractivity contribution in [3.8, 4) is 0 Å². The molecular weight excluding hydrogens is 369 g/mol. The van der Waals surface area contributed by atoms with E-state index < -0.39 is 15.4 Å². The highest BCUT2D eigenvalue weighted by atomic mass is 35.5. The number of halogens is 2. The molecular formula is C16H9Cl2N3O4. The zero-order valence-electron chi connectivity index (χ0n) is 12.4. The Bertz CT molecular complexity index is 930. The fraction of sp³-hybridized carbons (Fsp3) is 0. The van der Waals surface area contributed by atoms with Gasteiger partial charge < -0.3 is 0 Å². The highest BCUT2D eigenvalue weighted by Gasteiger charge is 2.16. The van der Waals surface area contributed by atoms with Crippen LogP contribution in [0.25, 0.3) is 11.0 Å². The first kappa shape index (κ1) is 18.4. The highest BCUT2D eigenvalue weighted by Crippen LogP contribution is 2.18. The molecule has 3 aromatic rings. The van der Waals surface area contributed by atoms with Gasteiger partial charge in [-0.3, -0.25) is 24.7 Å². The number of nitro groups is 1. The number of nitro benzene ring substituents is 1. The van der Waals surface area contributed by atoms with Gasteiger partial charge in [0.25, 0.3) is 16.2 Å². The summed E-state index contributed by atoms with van der Waals surface area (Å²) in [6, 6.07) is 12.8. The third kappa shape index (κ3) is 4.79. The molecule has 0 bridgehead atoms. The van der Waals surface area contributed by atoms with Crippen LogP contribution in [0.1, 0.15) is 20.8 Å². The number of carbonyl (C=O) groups is 2.